The Hall–Kier alpha value is -2.42. The van der Waals surface area contributed by atoms with Gasteiger partial charge in [-0.1, -0.05) is 31.2 Å². The molecule has 0 bridgehead atoms. The number of likely N-dealkylation sites (N-methyl/N-ethyl adjacent to an activating group) is 1. The number of piperazine rings is 1. The molecule has 2 N–H and O–H groups in total. The van der Waals surface area contributed by atoms with Crippen LogP contribution in [0.3, 0.4) is 0 Å². The summed E-state index contributed by atoms with van der Waals surface area (Å²) in [5.74, 6) is -0.219. The van der Waals surface area contributed by atoms with E-state index >= 15 is 0 Å². The van der Waals surface area contributed by atoms with E-state index in [2.05, 4.69) is 26.8 Å². The molecule has 0 unspecified atom stereocenters. The van der Waals surface area contributed by atoms with Crippen molar-refractivity contribution in [2.75, 3.05) is 49.5 Å². The highest BCUT2D eigenvalue weighted by Gasteiger charge is 2.20. The normalized spacial score (nSPS) is 15.1. The molecule has 2 aromatic carbocycles. The van der Waals surface area contributed by atoms with Crippen LogP contribution in [0.5, 0.6) is 0 Å². The van der Waals surface area contributed by atoms with Crippen molar-refractivity contribution in [3.8, 4) is 0 Å². The van der Waals surface area contributed by atoms with E-state index in [1.165, 1.54) is 0 Å². The lowest BCUT2D eigenvalue weighted by Crippen LogP contribution is -2.46. The van der Waals surface area contributed by atoms with Crippen LogP contribution < -0.4 is 14.9 Å². The van der Waals surface area contributed by atoms with Gasteiger partial charge in [-0.15, -0.1) is 0 Å². The number of rotatable bonds is 8. The highest BCUT2D eigenvalue weighted by atomic mass is 32.2. The minimum absolute atomic E-state index is 0.0406. The van der Waals surface area contributed by atoms with E-state index in [4.69, 9.17) is 0 Å². The number of benzene rings is 2. The summed E-state index contributed by atoms with van der Waals surface area (Å²) in [4.78, 5) is 17.5. The Kier molecular flexibility index (Phi) is 7.69. The lowest BCUT2D eigenvalue weighted by atomic mass is 10.2. The zero-order chi connectivity index (χ0) is 22.4. The summed E-state index contributed by atoms with van der Waals surface area (Å²) in [5, 5.41) is 2.95. The van der Waals surface area contributed by atoms with Crippen LogP contribution in [0.25, 0.3) is 0 Å². The van der Waals surface area contributed by atoms with Crippen LogP contribution in [0.1, 0.15) is 24.5 Å². The molecule has 168 valence electrons. The van der Waals surface area contributed by atoms with Crippen LogP contribution >= 0.6 is 0 Å². The average Bonchev–Trinajstić information content (AvgIpc) is 2.75. The van der Waals surface area contributed by atoms with Gasteiger partial charge in [0.15, 0.2) is 0 Å². The van der Waals surface area contributed by atoms with E-state index in [9.17, 15) is 13.2 Å². The smallest absolute Gasteiger partial charge is 0.240 e. The molecule has 0 aliphatic carbocycles. The van der Waals surface area contributed by atoms with E-state index in [0.717, 1.165) is 49.7 Å². The Morgan fingerprint density at radius 1 is 1.03 bits per heavy atom. The van der Waals surface area contributed by atoms with Crippen LogP contribution in [0, 0.1) is 13.8 Å². The number of para-hydroxylation sites is 2. The van der Waals surface area contributed by atoms with Gasteiger partial charge >= 0.3 is 0 Å². The Morgan fingerprint density at radius 2 is 1.74 bits per heavy atom. The Morgan fingerprint density at radius 3 is 2.45 bits per heavy atom. The predicted molar refractivity (Wildman–Crippen MR) is 125 cm³/mol. The van der Waals surface area contributed by atoms with Gasteiger partial charge in [-0.3, -0.25) is 4.79 Å². The monoisotopic (exact) mass is 444 g/mol. The maximum absolute atomic E-state index is 12.6. The van der Waals surface area contributed by atoms with Gasteiger partial charge < -0.3 is 15.1 Å². The van der Waals surface area contributed by atoms with Gasteiger partial charge in [0.1, 0.15) is 0 Å². The number of sulfonamides is 1. The molecule has 31 heavy (non-hydrogen) atoms. The summed E-state index contributed by atoms with van der Waals surface area (Å²) in [6, 6.07) is 13.1. The second-order valence-corrected chi connectivity index (χ2v) is 9.64. The molecule has 0 radical (unpaired) electrons. The Labute approximate surface area is 185 Å². The first-order valence-electron chi connectivity index (χ1n) is 10.7. The molecule has 7 nitrogen and oxygen atoms in total. The number of anilines is 2. The molecule has 3 rings (SSSR count). The maximum atomic E-state index is 12.6. The van der Waals surface area contributed by atoms with Crippen molar-refractivity contribution in [1.29, 1.82) is 0 Å². The highest BCUT2D eigenvalue weighted by Crippen LogP contribution is 2.26. The second kappa shape index (κ2) is 10.3. The van der Waals surface area contributed by atoms with Gasteiger partial charge in [0.2, 0.25) is 15.9 Å². The van der Waals surface area contributed by atoms with E-state index in [1.54, 1.807) is 19.1 Å². The third-order valence-electron chi connectivity index (χ3n) is 5.62. The minimum atomic E-state index is -3.66. The van der Waals surface area contributed by atoms with Gasteiger partial charge in [0.25, 0.3) is 0 Å². The number of nitrogens with zero attached hydrogens (tertiary/aromatic N) is 2. The molecule has 1 fully saturated rings. The third-order valence-corrected chi connectivity index (χ3v) is 7.22. The van der Waals surface area contributed by atoms with Crippen molar-refractivity contribution >= 4 is 27.3 Å². The van der Waals surface area contributed by atoms with Crippen molar-refractivity contribution in [1.82, 2.24) is 9.62 Å². The summed E-state index contributed by atoms with van der Waals surface area (Å²) in [5.41, 5.74) is 3.32. The molecule has 1 amide bonds. The molecular weight excluding hydrogens is 412 g/mol. The fraction of sp³-hybridized carbons (Fsp3) is 0.435. The topological polar surface area (TPSA) is 81.8 Å². The minimum Gasteiger partial charge on any atom is -0.367 e. The van der Waals surface area contributed by atoms with Gasteiger partial charge in [-0.25, -0.2) is 13.1 Å². The predicted octanol–water partition coefficient (Wildman–Crippen LogP) is 2.75. The molecule has 0 atom stereocenters. The zero-order valence-electron chi connectivity index (χ0n) is 18.5. The van der Waals surface area contributed by atoms with Crippen LogP contribution in [0.4, 0.5) is 11.4 Å². The fourth-order valence-corrected chi connectivity index (χ4v) is 5.11. The summed E-state index contributed by atoms with van der Waals surface area (Å²) >= 11 is 0. The summed E-state index contributed by atoms with van der Waals surface area (Å²) in [7, 11) is -3.66. The largest absolute Gasteiger partial charge is 0.367 e. The fourth-order valence-electron chi connectivity index (χ4n) is 3.75. The first kappa shape index (κ1) is 23.2. The molecule has 1 aliphatic heterocycles. The van der Waals surface area contributed by atoms with Crippen molar-refractivity contribution in [3.63, 3.8) is 0 Å². The Balaban J connectivity index is 1.58. The first-order chi connectivity index (χ1) is 14.8. The molecule has 0 spiro atoms. The van der Waals surface area contributed by atoms with Crippen LogP contribution in [0.2, 0.25) is 0 Å². The number of nitrogens with one attached hydrogen (secondary N) is 2. The molecule has 1 aliphatic rings. The molecule has 1 heterocycles. The van der Waals surface area contributed by atoms with Gasteiger partial charge in [-0.05, 0) is 49.7 Å². The standard InChI is InChI=1S/C23H32N4O3S/c1-4-26-13-15-27(16-14-26)21-8-6-5-7-20(21)25-23(28)11-12-24-31(29,30)22-17-18(2)9-10-19(22)3/h5-10,17,24H,4,11-16H2,1-3H3,(H,25,28). The van der Waals surface area contributed by atoms with Crippen molar-refractivity contribution < 1.29 is 13.2 Å². The van der Waals surface area contributed by atoms with Crippen LogP contribution in [-0.4, -0.2) is 58.5 Å². The molecule has 2 aromatic rings. The number of carbonyl (C=O) groups excluding carboxylic acids is 1. The SMILES string of the molecule is CCN1CCN(c2ccccc2NC(=O)CCNS(=O)(=O)c2cc(C)ccc2C)CC1. The molecule has 0 saturated carbocycles. The van der Waals surface area contributed by atoms with E-state index < -0.39 is 10.0 Å². The van der Waals surface area contributed by atoms with Crippen molar-refractivity contribution in [2.45, 2.75) is 32.1 Å². The summed E-state index contributed by atoms with van der Waals surface area (Å²) in [6.45, 7) is 10.7. The lowest BCUT2D eigenvalue weighted by molar-refractivity contribution is -0.116. The maximum Gasteiger partial charge on any atom is 0.240 e. The van der Waals surface area contributed by atoms with Crippen molar-refractivity contribution in [3.05, 3.63) is 53.6 Å². The van der Waals surface area contributed by atoms with Gasteiger partial charge in [0, 0.05) is 39.1 Å². The van der Waals surface area contributed by atoms with Crippen molar-refractivity contribution in [2.24, 2.45) is 0 Å². The Bertz CT molecular complexity index is 1020. The number of hydrogen-bond donors (Lipinski definition) is 2. The van der Waals surface area contributed by atoms with Crippen LogP contribution in [-0.2, 0) is 14.8 Å². The average molecular weight is 445 g/mol. The second-order valence-electron chi connectivity index (χ2n) is 7.90. The van der Waals surface area contributed by atoms with E-state index in [0.29, 0.717) is 5.56 Å². The first-order valence-corrected chi connectivity index (χ1v) is 12.2. The molecule has 0 aromatic heterocycles. The van der Waals surface area contributed by atoms with Crippen LogP contribution in [0.15, 0.2) is 47.4 Å². The quantitative estimate of drug-likeness (QED) is 0.654. The zero-order valence-corrected chi connectivity index (χ0v) is 19.3. The molecular formula is C23H32N4O3S. The molecule has 1 saturated heterocycles. The van der Waals surface area contributed by atoms with Gasteiger partial charge in [-0.2, -0.15) is 0 Å². The molecule has 8 heteroatoms. The summed E-state index contributed by atoms with van der Waals surface area (Å²) in [6.07, 6.45) is 0.0576. The van der Waals surface area contributed by atoms with E-state index in [1.807, 2.05) is 37.3 Å². The third kappa shape index (κ3) is 6.06. The number of carbonyl (C=O) groups is 1. The number of hydrogen-bond acceptors (Lipinski definition) is 5. The highest BCUT2D eigenvalue weighted by molar-refractivity contribution is 7.89. The number of amides is 1. The van der Waals surface area contributed by atoms with Gasteiger partial charge in [0.05, 0.1) is 16.3 Å². The van der Waals surface area contributed by atoms with E-state index in [-0.39, 0.29) is 23.8 Å². The summed E-state index contributed by atoms with van der Waals surface area (Å²) < 4.78 is 27.8. The lowest BCUT2D eigenvalue weighted by Gasteiger charge is -2.36. The number of aryl methyl sites for hydroxylation is 2.